The van der Waals surface area contributed by atoms with Gasteiger partial charge in [-0.15, -0.1) is 10.2 Å². The number of nitrogens with two attached hydrogens (primary N) is 1. The predicted molar refractivity (Wildman–Crippen MR) is 99.2 cm³/mol. The highest BCUT2D eigenvalue weighted by atomic mass is 35.5. The van der Waals surface area contributed by atoms with E-state index in [1.54, 1.807) is 0 Å². The van der Waals surface area contributed by atoms with E-state index in [0.29, 0.717) is 21.7 Å². The highest BCUT2D eigenvalue weighted by Crippen LogP contribution is 2.28. The molecule has 1 amide bonds. The lowest BCUT2D eigenvalue weighted by atomic mass is 9.96. The van der Waals surface area contributed by atoms with E-state index in [9.17, 15) is 4.79 Å². The predicted octanol–water partition coefficient (Wildman–Crippen LogP) is 3.29. The number of aryl methyl sites for hydroxylation is 2. The molecule has 1 heterocycles. The first kappa shape index (κ1) is 18.6. The number of amides is 1. The summed E-state index contributed by atoms with van der Waals surface area (Å²) in [6.07, 6.45) is 0. The summed E-state index contributed by atoms with van der Waals surface area (Å²) in [5.41, 5.74) is 2.40. The van der Waals surface area contributed by atoms with Crippen molar-refractivity contribution in [1.29, 1.82) is 0 Å². The summed E-state index contributed by atoms with van der Waals surface area (Å²) in [5.74, 6) is 6.68. The van der Waals surface area contributed by atoms with Gasteiger partial charge < -0.3 is 11.2 Å². The minimum atomic E-state index is -0.213. The number of benzene rings is 1. The fourth-order valence-electron chi connectivity index (χ4n) is 2.27. The molecule has 8 heteroatoms. The number of nitrogen functional groups attached to an aromatic ring is 1. The molecular formula is C16H22ClN5OS. The summed E-state index contributed by atoms with van der Waals surface area (Å²) in [7, 11) is 0. The monoisotopic (exact) mass is 367 g/mol. The molecule has 3 N–H and O–H groups in total. The molecule has 0 saturated heterocycles. The SMILES string of the molecule is Cc1cc(C)c(NC(=O)CSc2nnc(C(C)(C)C)n2N)c(Cl)c1. The maximum Gasteiger partial charge on any atom is 0.234 e. The smallest absolute Gasteiger partial charge is 0.234 e. The minimum Gasteiger partial charge on any atom is -0.336 e. The lowest BCUT2D eigenvalue weighted by Crippen LogP contribution is -2.24. The van der Waals surface area contributed by atoms with Crippen molar-refractivity contribution in [1.82, 2.24) is 14.9 Å². The van der Waals surface area contributed by atoms with E-state index in [-0.39, 0.29) is 17.1 Å². The molecule has 0 radical (unpaired) electrons. The first-order valence-electron chi connectivity index (χ1n) is 7.50. The van der Waals surface area contributed by atoms with E-state index in [1.165, 1.54) is 16.4 Å². The third-order valence-corrected chi connectivity index (χ3v) is 4.61. The normalized spacial score (nSPS) is 11.6. The zero-order chi connectivity index (χ0) is 18.1. The van der Waals surface area contributed by atoms with Crippen LogP contribution in [0.1, 0.15) is 37.7 Å². The lowest BCUT2D eigenvalue weighted by Gasteiger charge is -2.16. The average Bonchev–Trinajstić information content (AvgIpc) is 2.81. The fourth-order valence-corrected chi connectivity index (χ4v) is 3.29. The van der Waals surface area contributed by atoms with E-state index in [4.69, 9.17) is 17.4 Å². The highest BCUT2D eigenvalue weighted by Gasteiger charge is 2.23. The summed E-state index contributed by atoms with van der Waals surface area (Å²) in [6.45, 7) is 9.88. The van der Waals surface area contributed by atoms with Crippen LogP contribution in [0.5, 0.6) is 0 Å². The second kappa shape index (κ2) is 7.03. The van der Waals surface area contributed by atoms with Crippen LogP contribution in [-0.2, 0) is 10.2 Å². The van der Waals surface area contributed by atoms with Gasteiger partial charge in [-0.3, -0.25) is 4.79 Å². The number of carbonyl (C=O) groups is 1. The number of nitrogens with one attached hydrogen (secondary N) is 1. The number of halogens is 1. The van der Waals surface area contributed by atoms with Gasteiger partial charge in [0.15, 0.2) is 5.82 Å². The molecule has 1 aromatic heterocycles. The van der Waals surface area contributed by atoms with Crippen molar-refractivity contribution in [3.8, 4) is 0 Å². The van der Waals surface area contributed by atoms with Crippen LogP contribution in [0, 0.1) is 13.8 Å². The van der Waals surface area contributed by atoms with Crippen molar-refractivity contribution >= 4 is 35.0 Å². The zero-order valence-corrected chi connectivity index (χ0v) is 16.0. The van der Waals surface area contributed by atoms with Crippen molar-refractivity contribution < 1.29 is 4.79 Å². The Kier molecular flexibility index (Phi) is 5.45. The lowest BCUT2D eigenvalue weighted by molar-refractivity contribution is -0.113. The second-order valence-electron chi connectivity index (χ2n) is 6.70. The Hall–Kier alpha value is -1.73. The Morgan fingerprint density at radius 3 is 2.54 bits per heavy atom. The van der Waals surface area contributed by atoms with Crippen LogP contribution in [0.2, 0.25) is 5.02 Å². The third-order valence-electron chi connectivity index (χ3n) is 3.36. The van der Waals surface area contributed by atoms with Crippen LogP contribution in [0.4, 0.5) is 5.69 Å². The Labute approximate surface area is 151 Å². The van der Waals surface area contributed by atoms with Gasteiger partial charge in [-0.1, -0.05) is 50.2 Å². The molecule has 0 bridgehead atoms. The number of hydrogen-bond acceptors (Lipinski definition) is 5. The topological polar surface area (TPSA) is 85.8 Å². The molecule has 0 aliphatic heterocycles. The maximum absolute atomic E-state index is 12.2. The largest absolute Gasteiger partial charge is 0.336 e. The molecule has 0 atom stereocenters. The molecule has 24 heavy (non-hydrogen) atoms. The zero-order valence-electron chi connectivity index (χ0n) is 14.5. The molecule has 0 aliphatic rings. The quantitative estimate of drug-likeness (QED) is 0.639. The molecule has 0 aliphatic carbocycles. The molecule has 0 saturated carbocycles. The van der Waals surface area contributed by atoms with Gasteiger partial charge in [0, 0.05) is 5.41 Å². The molecule has 2 rings (SSSR count). The number of aromatic nitrogens is 3. The number of hydrogen-bond donors (Lipinski definition) is 2. The van der Waals surface area contributed by atoms with Gasteiger partial charge >= 0.3 is 0 Å². The van der Waals surface area contributed by atoms with E-state index < -0.39 is 0 Å². The number of rotatable bonds is 4. The summed E-state index contributed by atoms with van der Waals surface area (Å²) < 4.78 is 1.43. The summed E-state index contributed by atoms with van der Waals surface area (Å²) >= 11 is 7.44. The molecule has 0 fully saturated rings. The first-order chi connectivity index (χ1) is 11.1. The maximum atomic E-state index is 12.2. The van der Waals surface area contributed by atoms with Gasteiger partial charge in [0.05, 0.1) is 16.5 Å². The first-order valence-corrected chi connectivity index (χ1v) is 8.86. The summed E-state index contributed by atoms with van der Waals surface area (Å²) in [6, 6.07) is 3.80. The number of carbonyl (C=O) groups excluding carboxylic acids is 1. The van der Waals surface area contributed by atoms with Gasteiger partial charge in [0.2, 0.25) is 11.1 Å². The molecule has 6 nitrogen and oxygen atoms in total. The Morgan fingerprint density at radius 1 is 1.33 bits per heavy atom. The van der Waals surface area contributed by atoms with Crippen molar-refractivity contribution in [2.24, 2.45) is 0 Å². The van der Waals surface area contributed by atoms with Gasteiger partial charge in [0.1, 0.15) is 0 Å². The number of anilines is 1. The Morgan fingerprint density at radius 2 is 2.00 bits per heavy atom. The summed E-state index contributed by atoms with van der Waals surface area (Å²) in [4.78, 5) is 12.2. The van der Waals surface area contributed by atoms with E-state index >= 15 is 0 Å². The van der Waals surface area contributed by atoms with Gasteiger partial charge in [0.25, 0.3) is 0 Å². The summed E-state index contributed by atoms with van der Waals surface area (Å²) in [5, 5.41) is 12.0. The second-order valence-corrected chi connectivity index (χ2v) is 8.05. The van der Waals surface area contributed by atoms with Crippen LogP contribution < -0.4 is 11.2 Å². The van der Waals surface area contributed by atoms with Gasteiger partial charge in [-0.05, 0) is 31.0 Å². The molecule has 0 spiro atoms. The van der Waals surface area contributed by atoms with Crippen LogP contribution >= 0.6 is 23.4 Å². The molecular weight excluding hydrogens is 346 g/mol. The van der Waals surface area contributed by atoms with Crippen LogP contribution in [0.15, 0.2) is 17.3 Å². The van der Waals surface area contributed by atoms with E-state index in [2.05, 4.69) is 15.5 Å². The average molecular weight is 368 g/mol. The standard InChI is InChI=1S/C16H22ClN5OS/c1-9-6-10(2)13(11(17)7-9)19-12(23)8-24-15-21-20-14(22(15)18)16(3,4)5/h6-7H,8,18H2,1-5H3,(H,19,23). The number of nitrogens with zero attached hydrogens (tertiary/aromatic N) is 3. The number of thioether (sulfide) groups is 1. The third kappa shape index (κ3) is 4.21. The van der Waals surface area contributed by atoms with Crippen molar-refractivity contribution in [3.05, 3.63) is 34.1 Å². The Balaban J connectivity index is 2.04. The minimum absolute atomic E-state index is 0.170. The Bertz CT molecular complexity index is 743. The van der Waals surface area contributed by atoms with E-state index in [1.807, 2.05) is 46.8 Å². The highest BCUT2D eigenvalue weighted by molar-refractivity contribution is 7.99. The molecule has 0 unspecified atom stereocenters. The van der Waals surface area contributed by atoms with Gasteiger partial charge in [-0.2, -0.15) is 0 Å². The van der Waals surface area contributed by atoms with Gasteiger partial charge in [-0.25, -0.2) is 4.68 Å². The van der Waals surface area contributed by atoms with Crippen molar-refractivity contribution in [3.63, 3.8) is 0 Å². The van der Waals surface area contributed by atoms with E-state index in [0.717, 1.165) is 11.1 Å². The van der Waals surface area contributed by atoms with Crippen LogP contribution in [0.25, 0.3) is 0 Å². The van der Waals surface area contributed by atoms with Crippen LogP contribution in [-0.4, -0.2) is 26.5 Å². The molecule has 1 aromatic carbocycles. The van der Waals surface area contributed by atoms with Crippen LogP contribution in [0.3, 0.4) is 0 Å². The van der Waals surface area contributed by atoms with Crippen molar-refractivity contribution in [2.45, 2.75) is 45.2 Å². The molecule has 2 aromatic rings. The fraction of sp³-hybridized carbons (Fsp3) is 0.438. The molecule has 130 valence electrons. The van der Waals surface area contributed by atoms with Crippen molar-refractivity contribution in [2.75, 3.05) is 16.9 Å².